The number of benzene rings is 1. The van der Waals surface area contributed by atoms with Gasteiger partial charge in [0.25, 0.3) is 0 Å². The third-order valence-electron chi connectivity index (χ3n) is 3.17. The van der Waals surface area contributed by atoms with Crippen molar-refractivity contribution in [2.45, 2.75) is 0 Å². The summed E-state index contributed by atoms with van der Waals surface area (Å²) in [6.07, 6.45) is 11.8. The Kier molecular flexibility index (Phi) is 2.84. The number of rotatable bonds is 2. The first-order valence-electron chi connectivity index (χ1n) is 6.28. The average Bonchev–Trinajstić information content (AvgIpc) is 3.07. The van der Waals surface area contributed by atoms with E-state index >= 15 is 0 Å². The summed E-state index contributed by atoms with van der Waals surface area (Å²) in [5.41, 5.74) is 2.58. The molecular formula is C15H15N5+2. The van der Waals surface area contributed by atoms with Gasteiger partial charge in [-0.3, -0.25) is 0 Å². The van der Waals surface area contributed by atoms with Crippen LogP contribution in [0.4, 0.5) is 0 Å². The van der Waals surface area contributed by atoms with E-state index in [-0.39, 0.29) is 0 Å². The molecule has 0 bridgehead atoms. The summed E-state index contributed by atoms with van der Waals surface area (Å²) in [6.45, 7) is 0. The van der Waals surface area contributed by atoms with Gasteiger partial charge in [-0.05, 0) is 0 Å². The summed E-state index contributed by atoms with van der Waals surface area (Å²) in [5.74, 6) is 0. The van der Waals surface area contributed by atoms with Crippen LogP contribution in [0.25, 0.3) is 11.4 Å². The van der Waals surface area contributed by atoms with E-state index in [0.717, 1.165) is 11.4 Å². The first-order chi connectivity index (χ1) is 9.65. The molecule has 2 heterocycles. The minimum atomic E-state index is 0.644. The van der Waals surface area contributed by atoms with Gasteiger partial charge in [0, 0.05) is 18.2 Å². The highest BCUT2D eigenvalue weighted by atomic mass is 15.1. The van der Waals surface area contributed by atoms with Crippen molar-refractivity contribution < 1.29 is 9.13 Å². The molecule has 3 aromatic rings. The lowest BCUT2D eigenvalue weighted by atomic mass is 10.2. The highest BCUT2D eigenvalue weighted by molar-refractivity contribution is 5.50. The Labute approximate surface area is 117 Å². The topological polar surface area (TPSA) is 41.4 Å². The maximum atomic E-state index is 9.21. The number of hydrogen-bond donors (Lipinski definition) is 0. The van der Waals surface area contributed by atoms with Gasteiger partial charge in [-0.1, -0.05) is 0 Å². The standard InChI is InChI=1S/C15H15N5/c1-17-3-5-19(11-17)14-7-13(10-16)8-15(9-14)20-6-4-18(2)12-20/h3-9,11-12H,1-2H3/q+2. The van der Waals surface area contributed by atoms with Gasteiger partial charge in [-0.2, -0.15) is 5.26 Å². The maximum Gasteiger partial charge on any atom is 0.248 e. The average molecular weight is 265 g/mol. The van der Waals surface area contributed by atoms with Gasteiger partial charge in [-0.25, -0.2) is 18.3 Å². The highest BCUT2D eigenvalue weighted by Gasteiger charge is 2.12. The van der Waals surface area contributed by atoms with Gasteiger partial charge in [0.05, 0.1) is 25.7 Å². The highest BCUT2D eigenvalue weighted by Crippen LogP contribution is 2.16. The molecule has 0 aliphatic rings. The number of imidazole rings is 2. The summed E-state index contributed by atoms with van der Waals surface area (Å²) < 4.78 is 7.92. The third-order valence-corrected chi connectivity index (χ3v) is 3.17. The van der Waals surface area contributed by atoms with Crippen molar-refractivity contribution in [3.05, 3.63) is 61.2 Å². The molecule has 0 amide bonds. The van der Waals surface area contributed by atoms with Gasteiger partial charge in [0.2, 0.25) is 12.7 Å². The lowest BCUT2D eigenvalue weighted by Gasteiger charge is -2.00. The monoisotopic (exact) mass is 265 g/mol. The van der Waals surface area contributed by atoms with Crippen LogP contribution in [0.3, 0.4) is 0 Å². The first-order valence-corrected chi connectivity index (χ1v) is 6.28. The van der Waals surface area contributed by atoms with Crippen LogP contribution in [0.15, 0.2) is 55.6 Å². The number of nitriles is 1. The van der Waals surface area contributed by atoms with Gasteiger partial charge >= 0.3 is 0 Å². The molecule has 1 aromatic carbocycles. The fourth-order valence-electron chi connectivity index (χ4n) is 2.16. The molecule has 0 spiro atoms. The van der Waals surface area contributed by atoms with Crippen molar-refractivity contribution in [2.75, 3.05) is 0 Å². The van der Waals surface area contributed by atoms with Gasteiger partial charge in [-0.15, -0.1) is 0 Å². The molecule has 0 atom stereocenters. The zero-order chi connectivity index (χ0) is 14.1. The maximum absolute atomic E-state index is 9.21. The summed E-state index contributed by atoms with van der Waals surface area (Å²) in [6, 6.07) is 8.04. The summed E-state index contributed by atoms with van der Waals surface area (Å²) in [5, 5.41) is 9.21. The first kappa shape index (κ1) is 12.2. The Hall–Kier alpha value is -2.87. The lowest BCUT2D eigenvalue weighted by molar-refractivity contribution is -0.670. The number of hydrogen-bond acceptors (Lipinski definition) is 1. The lowest BCUT2D eigenvalue weighted by Crippen LogP contribution is -2.23. The Balaban J connectivity index is 2.15. The van der Waals surface area contributed by atoms with Gasteiger partial charge < -0.3 is 0 Å². The van der Waals surface area contributed by atoms with Crippen LogP contribution < -0.4 is 9.13 Å². The fraction of sp³-hybridized carbons (Fsp3) is 0.133. The summed E-state index contributed by atoms with van der Waals surface area (Å²) >= 11 is 0. The van der Waals surface area contributed by atoms with E-state index in [9.17, 15) is 5.26 Å². The van der Waals surface area contributed by atoms with Crippen molar-refractivity contribution in [2.24, 2.45) is 14.1 Å². The molecule has 0 saturated heterocycles. The van der Waals surface area contributed by atoms with Crippen LogP contribution in [-0.4, -0.2) is 9.13 Å². The molecule has 20 heavy (non-hydrogen) atoms. The molecule has 3 rings (SSSR count). The Morgan fingerprint density at radius 1 is 0.900 bits per heavy atom. The quantitative estimate of drug-likeness (QED) is 0.632. The second-order valence-corrected chi connectivity index (χ2v) is 4.82. The van der Waals surface area contributed by atoms with E-state index in [0.29, 0.717) is 5.56 Å². The smallest absolute Gasteiger partial charge is 0.239 e. The SMILES string of the molecule is C[n+]1ccn(-c2cc(C#N)cc(-n3cc[n+](C)c3)c2)c1. The normalized spacial score (nSPS) is 10.4. The molecule has 5 heteroatoms. The van der Waals surface area contributed by atoms with Crippen molar-refractivity contribution >= 4 is 0 Å². The van der Waals surface area contributed by atoms with Crippen molar-refractivity contribution in [1.29, 1.82) is 5.26 Å². The minimum absolute atomic E-state index is 0.644. The predicted molar refractivity (Wildman–Crippen MR) is 72.2 cm³/mol. The Morgan fingerprint density at radius 2 is 1.40 bits per heavy atom. The Bertz CT molecular complexity index is 745. The zero-order valence-electron chi connectivity index (χ0n) is 11.4. The van der Waals surface area contributed by atoms with Crippen LogP contribution in [0.5, 0.6) is 0 Å². The van der Waals surface area contributed by atoms with Crippen molar-refractivity contribution in [3.63, 3.8) is 0 Å². The number of aromatic nitrogens is 4. The van der Waals surface area contributed by atoms with E-state index in [1.165, 1.54) is 0 Å². The molecule has 0 unspecified atom stereocenters. The molecule has 0 saturated carbocycles. The largest absolute Gasteiger partial charge is 0.248 e. The molecular weight excluding hydrogens is 250 g/mol. The van der Waals surface area contributed by atoms with E-state index in [4.69, 9.17) is 0 Å². The minimum Gasteiger partial charge on any atom is -0.239 e. The fourth-order valence-corrected chi connectivity index (χ4v) is 2.16. The van der Waals surface area contributed by atoms with E-state index in [2.05, 4.69) is 12.1 Å². The van der Waals surface area contributed by atoms with Crippen molar-refractivity contribution in [1.82, 2.24) is 9.13 Å². The molecule has 0 fully saturated rings. The number of aryl methyl sites for hydroxylation is 2. The summed E-state index contributed by atoms with van der Waals surface area (Å²) in [7, 11) is 3.94. The van der Waals surface area contributed by atoms with Gasteiger partial charge in [0.1, 0.15) is 36.2 Å². The molecule has 0 aliphatic carbocycles. The van der Waals surface area contributed by atoms with Crippen LogP contribution in [0.1, 0.15) is 5.56 Å². The number of nitrogens with zero attached hydrogens (tertiary/aromatic N) is 5. The van der Waals surface area contributed by atoms with E-state index in [1.807, 2.05) is 81.9 Å². The molecule has 5 nitrogen and oxygen atoms in total. The van der Waals surface area contributed by atoms with Gasteiger partial charge in [0.15, 0.2) is 0 Å². The molecule has 98 valence electrons. The molecule has 0 radical (unpaired) electrons. The zero-order valence-corrected chi connectivity index (χ0v) is 11.4. The molecule has 2 aromatic heterocycles. The van der Waals surface area contributed by atoms with E-state index < -0.39 is 0 Å². The summed E-state index contributed by atoms with van der Waals surface area (Å²) in [4.78, 5) is 0. The van der Waals surface area contributed by atoms with Crippen molar-refractivity contribution in [3.8, 4) is 17.4 Å². The van der Waals surface area contributed by atoms with Crippen LogP contribution >= 0.6 is 0 Å². The molecule has 0 N–H and O–H groups in total. The van der Waals surface area contributed by atoms with E-state index in [1.54, 1.807) is 0 Å². The second-order valence-electron chi connectivity index (χ2n) is 4.82. The van der Waals surface area contributed by atoms with Crippen LogP contribution in [0, 0.1) is 11.3 Å². The Morgan fingerprint density at radius 3 is 1.75 bits per heavy atom. The van der Waals surface area contributed by atoms with Crippen LogP contribution in [0.2, 0.25) is 0 Å². The third kappa shape index (κ3) is 2.19. The second kappa shape index (κ2) is 4.67. The molecule has 0 aliphatic heterocycles. The predicted octanol–water partition coefficient (Wildman–Crippen LogP) is 0.789. The van der Waals surface area contributed by atoms with Crippen LogP contribution in [-0.2, 0) is 14.1 Å².